The number of ether oxygens (including phenoxy) is 2. The number of rotatable bonds is 4. The number of nitrogens with zero attached hydrogens (tertiary/aromatic N) is 1. The first-order valence-electron chi connectivity index (χ1n) is 8.72. The van der Waals surface area contributed by atoms with Crippen molar-refractivity contribution in [2.75, 3.05) is 52.6 Å². The molecule has 2 N–H and O–H groups in total. The molecule has 3 saturated heterocycles. The van der Waals surface area contributed by atoms with Gasteiger partial charge in [-0.25, -0.2) is 0 Å². The molecule has 6 nitrogen and oxygen atoms in total. The number of hydrogen-bond acceptors (Lipinski definition) is 5. The standard InChI is InChI=1S/C16H29N3O3.2ClH/c20-15(14-12-22-11-6-17-14)18-13-16(4-9-21-10-5-16)19-7-2-1-3-8-19;;/h14,17H,1-13H2,(H,18,20);2*1H. The summed E-state index contributed by atoms with van der Waals surface area (Å²) in [5, 5.41) is 6.40. The highest BCUT2D eigenvalue weighted by atomic mass is 35.5. The SMILES string of the molecule is Cl.Cl.O=C(NCC1(N2CCCCC2)CCOCC1)C1COCCN1. The number of piperidine rings is 1. The van der Waals surface area contributed by atoms with E-state index in [1.807, 2.05) is 0 Å². The van der Waals surface area contributed by atoms with Crippen molar-refractivity contribution >= 4 is 30.7 Å². The van der Waals surface area contributed by atoms with E-state index >= 15 is 0 Å². The van der Waals surface area contributed by atoms with E-state index in [4.69, 9.17) is 9.47 Å². The van der Waals surface area contributed by atoms with Gasteiger partial charge < -0.3 is 20.1 Å². The zero-order valence-electron chi connectivity index (χ0n) is 14.3. The fourth-order valence-electron chi connectivity index (χ4n) is 3.83. The highest BCUT2D eigenvalue weighted by molar-refractivity contribution is 5.85. The molecule has 1 amide bonds. The van der Waals surface area contributed by atoms with Crippen molar-refractivity contribution in [3.63, 3.8) is 0 Å². The molecule has 1 atom stereocenters. The maximum atomic E-state index is 12.4. The van der Waals surface area contributed by atoms with Gasteiger partial charge in [0.05, 0.1) is 13.2 Å². The Balaban J connectivity index is 0.00000144. The van der Waals surface area contributed by atoms with Crippen LogP contribution in [0.4, 0.5) is 0 Å². The van der Waals surface area contributed by atoms with Gasteiger partial charge in [-0.1, -0.05) is 6.42 Å². The third-order valence-electron chi connectivity index (χ3n) is 5.28. The molecule has 0 aromatic rings. The largest absolute Gasteiger partial charge is 0.381 e. The summed E-state index contributed by atoms with van der Waals surface area (Å²) in [4.78, 5) is 15.0. The number of carbonyl (C=O) groups excluding carboxylic acids is 1. The van der Waals surface area contributed by atoms with Crippen molar-refractivity contribution in [2.24, 2.45) is 0 Å². The van der Waals surface area contributed by atoms with Crippen molar-refractivity contribution in [3.8, 4) is 0 Å². The van der Waals surface area contributed by atoms with Gasteiger partial charge in [0.1, 0.15) is 6.04 Å². The first-order valence-corrected chi connectivity index (χ1v) is 8.72. The molecule has 3 fully saturated rings. The highest BCUT2D eigenvalue weighted by Gasteiger charge is 2.39. The van der Waals surface area contributed by atoms with E-state index in [0.29, 0.717) is 13.2 Å². The average Bonchev–Trinajstić information content (AvgIpc) is 2.62. The van der Waals surface area contributed by atoms with Crippen LogP contribution in [-0.2, 0) is 14.3 Å². The van der Waals surface area contributed by atoms with E-state index in [0.717, 1.165) is 52.2 Å². The van der Waals surface area contributed by atoms with Gasteiger partial charge in [-0.15, -0.1) is 24.8 Å². The van der Waals surface area contributed by atoms with Crippen LogP contribution in [0.2, 0.25) is 0 Å². The Hall–Kier alpha value is -0.110. The van der Waals surface area contributed by atoms with E-state index in [2.05, 4.69) is 15.5 Å². The van der Waals surface area contributed by atoms with Crippen LogP contribution in [0.25, 0.3) is 0 Å². The molecule has 1 unspecified atom stereocenters. The maximum Gasteiger partial charge on any atom is 0.239 e. The lowest BCUT2D eigenvalue weighted by molar-refractivity contribution is -0.127. The van der Waals surface area contributed by atoms with Crippen molar-refractivity contribution in [2.45, 2.75) is 43.7 Å². The van der Waals surface area contributed by atoms with Crippen LogP contribution < -0.4 is 10.6 Å². The smallest absolute Gasteiger partial charge is 0.239 e. The van der Waals surface area contributed by atoms with Gasteiger partial charge in [-0.3, -0.25) is 9.69 Å². The molecule has 8 heteroatoms. The number of likely N-dealkylation sites (tertiary alicyclic amines) is 1. The summed E-state index contributed by atoms with van der Waals surface area (Å²) >= 11 is 0. The van der Waals surface area contributed by atoms with Gasteiger partial charge in [-0.05, 0) is 38.8 Å². The average molecular weight is 384 g/mol. The lowest BCUT2D eigenvalue weighted by Crippen LogP contribution is -2.61. The second kappa shape index (κ2) is 10.8. The quantitative estimate of drug-likeness (QED) is 0.757. The van der Waals surface area contributed by atoms with Crippen molar-refractivity contribution in [1.29, 1.82) is 0 Å². The van der Waals surface area contributed by atoms with Crippen LogP contribution in [0, 0.1) is 0 Å². The first-order chi connectivity index (χ1) is 10.8. The lowest BCUT2D eigenvalue weighted by Gasteiger charge is -2.48. The van der Waals surface area contributed by atoms with Gasteiger partial charge in [-0.2, -0.15) is 0 Å². The zero-order valence-corrected chi connectivity index (χ0v) is 15.9. The fourth-order valence-corrected chi connectivity index (χ4v) is 3.83. The Morgan fingerprint density at radius 1 is 1.08 bits per heavy atom. The summed E-state index contributed by atoms with van der Waals surface area (Å²) in [5.41, 5.74) is 0.0872. The van der Waals surface area contributed by atoms with Crippen LogP contribution in [0.5, 0.6) is 0 Å². The normalized spacial score (nSPS) is 27.4. The molecule has 0 aliphatic carbocycles. The molecule has 0 radical (unpaired) electrons. The maximum absolute atomic E-state index is 12.4. The second-order valence-corrected chi connectivity index (χ2v) is 6.68. The minimum atomic E-state index is -0.202. The molecule has 142 valence electrons. The van der Waals surface area contributed by atoms with Gasteiger partial charge in [0, 0.05) is 31.8 Å². The zero-order chi connectivity index (χ0) is 15.3. The number of hydrogen-bond donors (Lipinski definition) is 2. The van der Waals surface area contributed by atoms with Crippen LogP contribution >= 0.6 is 24.8 Å². The molecular weight excluding hydrogens is 353 g/mol. The van der Waals surface area contributed by atoms with Crippen LogP contribution in [-0.4, -0.2) is 75.0 Å². The highest BCUT2D eigenvalue weighted by Crippen LogP contribution is 2.30. The first kappa shape index (κ1) is 21.9. The van der Waals surface area contributed by atoms with Crippen molar-refractivity contribution in [1.82, 2.24) is 15.5 Å². The minimum Gasteiger partial charge on any atom is -0.381 e. The van der Waals surface area contributed by atoms with E-state index in [1.54, 1.807) is 0 Å². The summed E-state index contributed by atoms with van der Waals surface area (Å²) < 4.78 is 10.9. The fraction of sp³-hybridized carbons (Fsp3) is 0.938. The number of nitrogens with one attached hydrogen (secondary N) is 2. The van der Waals surface area contributed by atoms with Crippen LogP contribution in [0.3, 0.4) is 0 Å². The predicted molar refractivity (Wildman–Crippen MR) is 98.3 cm³/mol. The summed E-state index contributed by atoms with van der Waals surface area (Å²) in [7, 11) is 0. The monoisotopic (exact) mass is 383 g/mol. The van der Waals surface area contributed by atoms with Gasteiger partial charge in [0.15, 0.2) is 0 Å². The molecule has 0 aromatic carbocycles. The van der Waals surface area contributed by atoms with Crippen molar-refractivity contribution < 1.29 is 14.3 Å². The van der Waals surface area contributed by atoms with Gasteiger partial charge >= 0.3 is 0 Å². The van der Waals surface area contributed by atoms with E-state index < -0.39 is 0 Å². The molecule has 3 rings (SSSR count). The number of carbonyl (C=O) groups is 1. The molecule has 3 heterocycles. The Labute approximate surface area is 157 Å². The number of amides is 1. The number of halogens is 2. The topological polar surface area (TPSA) is 62.8 Å². The summed E-state index contributed by atoms with van der Waals surface area (Å²) in [6, 6.07) is -0.202. The third-order valence-corrected chi connectivity index (χ3v) is 5.28. The second-order valence-electron chi connectivity index (χ2n) is 6.68. The predicted octanol–water partition coefficient (Wildman–Crippen LogP) is 0.970. The lowest BCUT2D eigenvalue weighted by atomic mass is 9.86. The Morgan fingerprint density at radius 2 is 1.79 bits per heavy atom. The molecule has 0 aromatic heterocycles. The molecular formula is C16H31Cl2N3O3. The van der Waals surface area contributed by atoms with Crippen molar-refractivity contribution in [3.05, 3.63) is 0 Å². The molecule has 24 heavy (non-hydrogen) atoms. The Bertz CT molecular complexity index is 370. The Kier molecular flexibility index (Phi) is 9.86. The molecule has 0 saturated carbocycles. The van der Waals surface area contributed by atoms with Crippen LogP contribution in [0.1, 0.15) is 32.1 Å². The molecule has 0 bridgehead atoms. The van der Waals surface area contributed by atoms with E-state index in [-0.39, 0.29) is 42.3 Å². The minimum absolute atomic E-state index is 0. The third kappa shape index (κ3) is 5.44. The van der Waals surface area contributed by atoms with E-state index in [9.17, 15) is 4.79 Å². The molecule has 3 aliphatic heterocycles. The summed E-state index contributed by atoms with van der Waals surface area (Å²) in [6.07, 6.45) is 5.91. The Morgan fingerprint density at radius 3 is 2.42 bits per heavy atom. The van der Waals surface area contributed by atoms with Gasteiger partial charge in [0.2, 0.25) is 5.91 Å². The summed E-state index contributed by atoms with van der Waals surface area (Å²) in [6.45, 7) is 6.57. The number of morpholine rings is 1. The molecule has 3 aliphatic rings. The van der Waals surface area contributed by atoms with Crippen LogP contribution in [0.15, 0.2) is 0 Å². The van der Waals surface area contributed by atoms with E-state index in [1.165, 1.54) is 19.3 Å². The van der Waals surface area contributed by atoms with Gasteiger partial charge in [0.25, 0.3) is 0 Å². The molecule has 0 spiro atoms. The summed E-state index contributed by atoms with van der Waals surface area (Å²) in [5.74, 6) is 0.0718.